The van der Waals surface area contributed by atoms with Crippen molar-refractivity contribution in [3.63, 3.8) is 0 Å². The minimum atomic E-state index is -1.05. The van der Waals surface area contributed by atoms with E-state index in [1.807, 2.05) is 31.2 Å². The lowest BCUT2D eigenvalue weighted by molar-refractivity contribution is -0.139. The second-order valence-electron chi connectivity index (χ2n) is 5.12. The van der Waals surface area contributed by atoms with Gasteiger partial charge in [-0.2, -0.15) is 5.10 Å². The van der Waals surface area contributed by atoms with E-state index in [9.17, 15) is 14.4 Å². The highest BCUT2D eigenvalue weighted by Gasteiger charge is 2.27. The summed E-state index contributed by atoms with van der Waals surface area (Å²) in [5.74, 6) is -1.92. The van der Waals surface area contributed by atoms with E-state index in [2.05, 4.69) is 15.8 Å². The number of carbonyl (C=O) groups is 3. The third-order valence-electron chi connectivity index (χ3n) is 3.30. The van der Waals surface area contributed by atoms with Crippen molar-refractivity contribution in [2.75, 3.05) is 0 Å². The van der Waals surface area contributed by atoms with Gasteiger partial charge in [0, 0.05) is 12.8 Å². The molecule has 7 nitrogen and oxygen atoms in total. The van der Waals surface area contributed by atoms with Crippen LogP contribution < -0.4 is 10.7 Å². The topological polar surface area (TPSA) is 108 Å². The molecule has 2 rings (SSSR count). The minimum absolute atomic E-state index is 0.157. The van der Waals surface area contributed by atoms with Gasteiger partial charge in [-0.15, -0.1) is 0 Å². The van der Waals surface area contributed by atoms with Crippen LogP contribution in [0.3, 0.4) is 0 Å². The number of hydrogen-bond donors (Lipinski definition) is 3. The molecule has 0 radical (unpaired) electrons. The van der Waals surface area contributed by atoms with E-state index < -0.39 is 23.8 Å². The number of benzene rings is 1. The largest absolute Gasteiger partial charge is 0.481 e. The quantitative estimate of drug-likeness (QED) is 0.739. The fraction of sp³-hybridized carbons (Fsp3) is 0.333. The first-order chi connectivity index (χ1) is 10.5. The Labute approximate surface area is 127 Å². The van der Waals surface area contributed by atoms with Gasteiger partial charge in [-0.25, -0.2) is 5.43 Å². The molecule has 1 unspecified atom stereocenters. The number of carboxylic acids is 1. The number of nitrogens with one attached hydrogen (secondary N) is 2. The number of hydrogen-bond acceptors (Lipinski definition) is 4. The first-order valence-electron chi connectivity index (χ1n) is 6.90. The van der Waals surface area contributed by atoms with Gasteiger partial charge in [0.15, 0.2) is 0 Å². The van der Waals surface area contributed by atoms with Gasteiger partial charge in [-0.3, -0.25) is 14.4 Å². The Kier molecular flexibility index (Phi) is 4.88. The normalized spacial score (nSPS) is 17.4. The number of hydrazone groups is 1. The number of rotatable bonds is 5. The summed E-state index contributed by atoms with van der Waals surface area (Å²) in [6.07, 6.45) is -0.150. The summed E-state index contributed by atoms with van der Waals surface area (Å²) in [6.45, 7) is 1.97. The highest BCUT2D eigenvalue weighted by molar-refractivity contribution is 6.06. The molecule has 0 aromatic heterocycles. The third-order valence-corrected chi connectivity index (χ3v) is 3.30. The molecule has 116 valence electrons. The first kappa shape index (κ1) is 15.7. The second-order valence-corrected chi connectivity index (χ2v) is 5.12. The smallest absolute Gasteiger partial charge is 0.303 e. The van der Waals surface area contributed by atoms with E-state index in [1.165, 1.54) is 0 Å². The number of aryl methyl sites for hydroxylation is 1. The zero-order valence-electron chi connectivity index (χ0n) is 12.1. The number of nitrogens with zero attached hydrogens (tertiary/aromatic N) is 1. The van der Waals surface area contributed by atoms with Crippen molar-refractivity contribution < 1.29 is 19.5 Å². The molecule has 2 amide bonds. The highest BCUT2D eigenvalue weighted by atomic mass is 16.4. The summed E-state index contributed by atoms with van der Waals surface area (Å²) in [7, 11) is 0. The van der Waals surface area contributed by atoms with Gasteiger partial charge in [0.25, 0.3) is 5.91 Å². The van der Waals surface area contributed by atoms with Crippen LogP contribution in [0, 0.1) is 6.92 Å². The molecule has 1 heterocycles. The Balaban J connectivity index is 2.00. The minimum Gasteiger partial charge on any atom is -0.481 e. The molecule has 1 aliphatic heterocycles. The maximum atomic E-state index is 11.7. The average molecular weight is 303 g/mol. The third kappa shape index (κ3) is 4.15. The van der Waals surface area contributed by atoms with Crippen LogP contribution in [0.15, 0.2) is 29.4 Å². The predicted molar refractivity (Wildman–Crippen MR) is 79.3 cm³/mol. The Morgan fingerprint density at radius 3 is 2.64 bits per heavy atom. The number of aliphatic carboxylic acids is 1. The molecule has 0 fully saturated rings. The first-order valence-corrected chi connectivity index (χ1v) is 6.90. The Bertz CT molecular complexity index is 622. The number of amides is 2. The molecule has 1 atom stereocenters. The Morgan fingerprint density at radius 2 is 2.00 bits per heavy atom. The molecule has 0 saturated heterocycles. The molecular weight excluding hydrogens is 286 g/mol. The highest BCUT2D eigenvalue weighted by Crippen LogP contribution is 2.12. The van der Waals surface area contributed by atoms with Crippen molar-refractivity contribution in [2.24, 2.45) is 5.10 Å². The zero-order chi connectivity index (χ0) is 16.1. The molecule has 0 aliphatic carbocycles. The molecule has 0 saturated carbocycles. The van der Waals surface area contributed by atoms with Crippen molar-refractivity contribution in [2.45, 2.75) is 32.2 Å². The zero-order valence-corrected chi connectivity index (χ0v) is 12.1. The number of carboxylic acid groups (broad SMARTS) is 1. The van der Waals surface area contributed by atoms with Crippen LogP contribution in [-0.2, 0) is 14.4 Å². The van der Waals surface area contributed by atoms with Crippen LogP contribution in [0.1, 0.15) is 30.4 Å². The molecule has 0 bridgehead atoms. The van der Waals surface area contributed by atoms with Crippen molar-refractivity contribution >= 4 is 23.5 Å². The van der Waals surface area contributed by atoms with Crippen LogP contribution in [0.5, 0.6) is 0 Å². The number of carbonyl (C=O) groups excluding carboxylic acids is 2. The van der Waals surface area contributed by atoms with E-state index in [4.69, 9.17) is 5.11 Å². The summed E-state index contributed by atoms with van der Waals surface area (Å²) in [4.78, 5) is 33.9. The van der Waals surface area contributed by atoms with Crippen LogP contribution >= 0.6 is 0 Å². The second kappa shape index (κ2) is 6.84. The average Bonchev–Trinajstić information content (AvgIpc) is 2.48. The SMILES string of the molecule is Cc1ccc(C2=NNC(=O)C(NC(=O)CCC(=O)O)C2)cc1. The van der Waals surface area contributed by atoms with Crippen molar-refractivity contribution in [1.82, 2.24) is 10.7 Å². The van der Waals surface area contributed by atoms with Crippen LogP contribution in [0.4, 0.5) is 0 Å². The van der Waals surface area contributed by atoms with Crippen LogP contribution in [-0.4, -0.2) is 34.6 Å². The van der Waals surface area contributed by atoms with E-state index in [-0.39, 0.29) is 19.3 Å². The summed E-state index contributed by atoms with van der Waals surface area (Å²) in [5.41, 5.74) is 5.04. The lowest BCUT2D eigenvalue weighted by Crippen LogP contribution is -2.49. The fourth-order valence-corrected chi connectivity index (χ4v) is 2.06. The van der Waals surface area contributed by atoms with Crippen molar-refractivity contribution in [1.29, 1.82) is 0 Å². The lowest BCUT2D eigenvalue weighted by atomic mass is 10.00. The van der Waals surface area contributed by atoms with Gasteiger partial charge in [0.05, 0.1) is 12.1 Å². The molecule has 7 heteroatoms. The Hall–Kier alpha value is -2.70. The van der Waals surface area contributed by atoms with Crippen LogP contribution in [0.2, 0.25) is 0 Å². The maximum absolute atomic E-state index is 11.7. The molecular formula is C15H17N3O4. The van der Waals surface area contributed by atoms with E-state index in [0.29, 0.717) is 5.71 Å². The summed E-state index contributed by atoms with van der Waals surface area (Å²) in [5, 5.41) is 15.1. The van der Waals surface area contributed by atoms with Crippen LogP contribution in [0.25, 0.3) is 0 Å². The summed E-state index contributed by atoms with van der Waals surface area (Å²) < 4.78 is 0. The predicted octanol–water partition coefficient (Wildman–Crippen LogP) is 0.569. The van der Waals surface area contributed by atoms with Gasteiger partial charge < -0.3 is 10.4 Å². The molecule has 1 aliphatic rings. The molecule has 22 heavy (non-hydrogen) atoms. The fourth-order valence-electron chi connectivity index (χ4n) is 2.06. The molecule has 1 aromatic rings. The molecule has 3 N–H and O–H groups in total. The summed E-state index contributed by atoms with van der Waals surface area (Å²) >= 11 is 0. The van der Waals surface area contributed by atoms with Crippen molar-refractivity contribution in [3.05, 3.63) is 35.4 Å². The maximum Gasteiger partial charge on any atom is 0.303 e. The van der Waals surface area contributed by atoms with E-state index >= 15 is 0 Å². The van der Waals surface area contributed by atoms with Gasteiger partial charge >= 0.3 is 5.97 Å². The standard InChI is InChI=1S/C15H17N3O4/c1-9-2-4-10(5-3-9)11-8-12(15(22)18-17-11)16-13(19)6-7-14(20)21/h2-5,12H,6-8H2,1H3,(H,16,19)(H,18,22)(H,20,21). The lowest BCUT2D eigenvalue weighted by Gasteiger charge is -2.22. The summed E-state index contributed by atoms with van der Waals surface area (Å²) in [6, 6.07) is 6.93. The molecule has 1 aromatic carbocycles. The van der Waals surface area contributed by atoms with E-state index in [1.54, 1.807) is 0 Å². The van der Waals surface area contributed by atoms with Gasteiger partial charge in [-0.05, 0) is 12.5 Å². The van der Waals surface area contributed by atoms with Gasteiger partial charge in [0.1, 0.15) is 6.04 Å². The monoisotopic (exact) mass is 303 g/mol. The molecule has 0 spiro atoms. The van der Waals surface area contributed by atoms with Gasteiger partial charge in [-0.1, -0.05) is 29.8 Å². The van der Waals surface area contributed by atoms with E-state index in [0.717, 1.165) is 11.1 Å². The van der Waals surface area contributed by atoms with Gasteiger partial charge in [0.2, 0.25) is 5.91 Å². The van der Waals surface area contributed by atoms with Crippen molar-refractivity contribution in [3.8, 4) is 0 Å². The Morgan fingerprint density at radius 1 is 1.32 bits per heavy atom.